The molecule has 0 fully saturated rings. The quantitative estimate of drug-likeness (QED) is 0.845. The standard InChI is InChI=1S/C16H25NO2S/c1-10(2)15(16(18)19-4)17-11(3)14-9-12-7-5-6-8-13(12)20-14/h9-11,15,17H,5-8H2,1-4H3/t11?,15-/m0/s1. The highest BCUT2D eigenvalue weighted by Crippen LogP contribution is 2.33. The number of thiophene rings is 1. The van der Waals surface area contributed by atoms with Gasteiger partial charge in [0.2, 0.25) is 0 Å². The maximum absolute atomic E-state index is 11.8. The molecular weight excluding hydrogens is 270 g/mol. The largest absolute Gasteiger partial charge is 0.468 e. The molecule has 2 atom stereocenters. The molecule has 0 amide bonds. The van der Waals surface area contributed by atoms with E-state index in [4.69, 9.17) is 4.74 Å². The molecule has 1 aliphatic carbocycles. The molecule has 0 saturated heterocycles. The summed E-state index contributed by atoms with van der Waals surface area (Å²) in [5.41, 5.74) is 1.52. The molecular formula is C16H25NO2S. The molecule has 0 saturated carbocycles. The summed E-state index contributed by atoms with van der Waals surface area (Å²) in [5.74, 6) is 0.0488. The van der Waals surface area contributed by atoms with Crippen LogP contribution in [0.5, 0.6) is 0 Å². The van der Waals surface area contributed by atoms with E-state index >= 15 is 0 Å². The first-order chi connectivity index (χ1) is 9.52. The Balaban J connectivity index is 2.08. The van der Waals surface area contributed by atoms with Crippen molar-refractivity contribution in [3.63, 3.8) is 0 Å². The summed E-state index contributed by atoms with van der Waals surface area (Å²) in [6.45, 7) is 6.22. The van der Waals surface area contributed by atoms with Crippen molar-refractivity contribution in [1.82, 2.24) is 5.32 Å². The smallest absolute Gasteiger partial charge is 0.323 e. The monoisotopic (exact) mass is 295 g/mol. The summed E-state index contributed by atoms with van der Waals surface area (Å²) in [5, 5.41) is 3.43. The van der Waals surface area contributed by atoms with Gasteiger partial charge in [0, 0.05) is 15.8 Å². The number of carbonyl (C=O) groups excluding carboxylic acids is 1. The molecule has 1 aromatic rings. The second-order valence-electron chi connectivity index (χ2n) is 5.94. The van der Waals surface area contributed by atoms with Crippen LogP contribution >= 0.6 is 11.3 Å². The highest BCUT2D eigenvalue weighted by molar-refractivity contribution is 7.12. The van der Waals surface area contributed by atoms with Gasteiger partial charge in [0.05, 0.1) is 7.11 Å². The normalized spacial score (nSPS) is 17.6. The molecule has 4 heteroatoms. The number of ether oxygens (including phenoxy) is 1. The third kappa shape index (κ3) is 3.41. The Morgan fingerprint density at radius 2 is 2.00 bits per heavy atom. The lowest BCUT2D eigenvalue weighted by Gasteiger charge is -2.23. The van der Waals surface area contributed by atoms with Crippen molar-refractivity contribution >= 4 is 17.3 Å². The van der Waals surface area contributed by atoms with E-state index in [1.807, 2.05) is 25.2 Å². The fourth-order valence-electron chi connectivity index (χ4n) is 2.74. The molecule has 1 aromatic heterocycles. The van der Waals surface area contributed by atoms with Gasteiger partial charge in [0.15, 0.2) is 0 Å². The highest BCUT2D eigenvalue weighted by atomic mass is 32.1. The Morgan fingerprint density at radius 3 is 2.60 bits per heavy atom. The van der Waals surface area contributed by atoms with E-state index in [1.54, 1.807) is 4.88 Å². The lowest BCUT2D eigenvalue weighted by atomic mass is 9.98. The van der Waals surface area contributed by atoms with Gasteiger partial charge in [0.1, 0.15) is 6.04 Å². The van der Waals surface area contributed by atoms with Crippen LogP contribution in [0.2, 0.25) is 0 Å². The molecule has 0 radical (unpaired) electrons. The molecule has 0 spiro atoms. The summed E-state index contributed by atoms with van der Waals surface area (Å²) in [6, 6.07) is 2.28. The predicted octanol–water partition coefficient (Wildman–Crippen LogP) is 3.48. The van der Waals surface area contributed by atoms with Crippen LogP contribution in [-0.2, 0) is 22.4 Å². The van der Waals surface area contributed by atoms with Crippen LogP contribution in [0.4, 0.5) is 0 Å². The number of aryl methyl sites for hydroxylation is 2. The second-order valence-corrected chi connectivity index (χ2v) is 7.11. The average molecular weight is 295 g/mol. The fourth-order valence-corrected chi connectivity index (χ4v) is 4.01. The van der Waals surface area contributed by atoms with Crippen LogP contribution < -0.4 is 5.32 Å². The fraction of sp³-hybridized carbons (Fsp3) is 0.688. The van der Waals surface area contributed by atoms with Gasteiger partial charge >= 0.3 is 5.97 Å². The zero-order valence-corrected chi connectivity index (χ0v) is 13.7. The average Bonchev–Trinajstić information content (AvgIpc) is 2.87. The maximum atomic E-state index is 11.8. The molecule has 1 unspecified atom stereocenters. The van der Waals surface area contributed by atoms with E-state index in [1.165, 1.54) is 43.2 Å². The summed E-state index contributed by atoms with van der Waals surface area (Å²) in [7, 11) is 1.45. The lowest BCUT2D eigenvalue weighted by molar-refractivity contribution is -0.144. The first-order valence-electron chi connectivity index (χ1n) is 7.48. The first kappa shape index (κ1) is 15.5. The van der Waals surface area contributed by atoms with Crippen LogP contribution in [0.1, 0.15) is 55.0 Å². The molecule has 20 heavy (non-hydrogen) atoms. The van der Waals surface area contributed by atoms with E-state index in [9.17, 15) is 4.79 Å². The van der Waals surface area contributed by atoms with Crippen LogP contribution in [0, 0.1) is 5.92 Å². The van der Waals surface area contributed by atoms with Crippen molar-refractivity contribution in [1.29, 1.82) is 0 Å². The Labute approximate surface area is 125 Å². The van der Waals surface area contributed by atoms with E-state index < -0.39 is 0 Å². The Hall–Kier alpha value is -0.870. The molecule has 112 valence electrons. The van der Waals surface area contributed by atoms with E-state index in [2.05, 4.69) is 18.3 Å². The first-order valence-corrected chi connectivity index (χ1v) is 8.30. The maximum Gasteiger partial charge on any atom is 0.323 e. The minimum atomic E-state index is -0.242. The topological polar surface area (TPSA) is 38.3 Å². The number of nitrogens with one attached hydrogen (secondary N) is 1. The second kappa shape index (κ2) is 6.72. The summed E-state index contributed by atoms with van der Waals surface area (Å²) < 4.78 is 4.89. The number of methoxy groups -OCH3 is 1. The summed E-state index contributed by atoms with van der Waals surface area (Å²) >= 11 is 1.90. The van der Waals surface area contributed by atoms with Crippen LogP contribution in [0.3, 0.4) is 0 Å². The zero-order chi connectivity index (χ0) is 14.7. The van der Waals surface area contributed by atoms with Gasteiger partial charge in [-0.1, -0.05) is 13.8 Å². The zero-order valence-electron chi connectivity index (χ0n) is 12.9. The third-order valence-corrected chi connectivity index (χ3v) is 5.41. The van der Waals surface area contributed by atoms with Crippen LogP contribution in [0.25, 0.3) is 0 Å². The number of carbonyl (C=O) groups is 1. The Kier molecular flexibility index (Phi) is 5.22. The Morgan fingerprint density at radius 1 is 1.30 bits per heavy atom. The Bertz CT molecular complexity index is 444. The molecule has 2 rings (SSSR count). The lowest BCUT2D eigenvalue weighted by Crippen LogP contribution is -2.42. The van der Waals surface area contributed by atoms with Crippen molar-refractivity contribution in [3.05, 3.63) is 21.4 Å². The van der Waals surface area contributed by atoms with Crippen molar-refractivity contribution in [2.45, 2.75) is 58.5 Å². The van der Waals surface area contributed by atoms with Gasteiger partial charge < -0.3 is 4.74 Å². The number of rotatable bonds is 5. The number of esters is 1. The van der Waals surface area contributed by atoms with Gasteiger partial charge in [0.25, 0.3) is 0 Å². The molecule has 0 aliphatic heterocycles. The van der Waals surface area contributed by atoms with Crippen LogP contribution in [0.15, 0.2) is 6.07 Å². The van der Waals surface area contributed by atoms with Gasteiger partial charge in [-0.05, 0) is 50.2 Å². The van der Waals surface area contributed by atoms with Crippen LogP contribution in [-0.4, -0.2) is 19.1 Å². The number of fused-ring (bicyclic) bond motifs is 1. The molecule has 0 bridgehead atoms. The molecule has 1 aliphatic rings. The van der Waals surface area contributed by atoms with Gasteiger partial charge in [-0.25, -0.2) is 0 Å². The molecule has 1 N–H and O–H groups in total. The predicted molar refractivity (Wildman–Crippen MR) is 83.2 cm³/mol. The van der Waals surface area contributed by atoms with Crippen molar-refractivity contribution in [2.24, 2.45) is 5.92 Å². The molecule has 1 heterocycles. The minimum absolute atomic E-state index is 0.173. The van der Waals surface area contributed by atoms with E-state index in [0.717, 1.165) is 0 Å². The highest BCUT2D eigenvalue weighted by Gasteiger charge is 2.26. The molecule has 0 aromatic carbocycles. The van der Waals surface area contributed by atoms with Gasteiger partial charge in [-0.3, -0.25) is 10.1 Å². The van der Waals surface area contributed by atoms with E-state index in [0.29, 0.717) is 0 Å². The SMILES string of the molecule is COC(=O)[C@@H](NC(C)c1cc2c(s1)CCCC2)C(C)C. The summed E-state index contributed by atoms with van der Waals surface area (Å²) in [6.07, 6.45) is 5.05. The van der Waals surface area contributed by atoms with Gasteiger partial charge in [-0.2, -0.15) is 0 Å². The van der Waals surface area contributed by atoms with E-state index in [-0.39, 0.29) is 24.0 Å². The third-order valence-electron chi connectivity index (χ3n) is 3.99. The van der Waals surface area contributed by atoms with Crippen molar-refractivity contribution in [3.8, 4) is 0 Å². The van der Waals surface area contributed by atoms with Gasteiger partial charge in [-0.15, -0.1) is 11.3 Å². The van der Waals surface area contributed by atoms with Crippen molar-refractivity contribution in [2.75, 3.05) is 7.11 Å². The van der Waals surface area contributed by atoms with Crippen molar-refractivity contribution < 1.29 is 9.53 Å². The molecule has 3 nitrogen and oxygen atoms in total. The minimum Gasteiger partial charge on any atom is -0.468 e. The summed E-state index contributed by atoms with van der Waals surface area (Å²) in [4.78, 5) is 14.7. The number of hydrogen-bond acceptors (Lipinski definition) is 4. The number of hydrogen-bond donors (Lipinski definition) is 1.